The zero-order valence-corrected chi connectivity index (χ0v) is 11.5. The van der Waals surface area contributed by atoms with Crippen molar-refractivity contribution in [3.8, 4) is 0 Å². The lowest BCUT2D eigenvalue weighted by molar-refractivity contribution is -0.132. The molecule has 19 heavy (non-hydrogen) atoms. The molecule has 0 aliphatic carbocycles. The maximum atomic E-state index is 12.2. The predicted molar refractivity (Wildman–Crippen MR) is 76.5 cm³/mol. The maximum absolute atomic E-state index is 12.2. The first-order chi connectivity index (χ1) is 9.25. The Kier molecular flexibility index (Phi) is 3.38. The molecule has 1 aliphatic heterocycles. The highest BCUT2D eigenvalue weighted by atomic mass is 32.1. The average Bonchev–Trinajstić information content (AvgIpc) is 2.92. The molecule has 0 aromatic carbocycles. The van der Waals surface area contributed by atoms with Gasteiger partial charge in [-0.2, -0.15) is 0 Å². The Morgan fingerprint density at radius 2 is 2.00 bits per heavy atom. The lowest BCUT2D eigenvalue weighted by Crippen LogP contribution is -2.39. The van der Waals surface area contributed by atoms with Crippen LogP contribution in [0.2, 0.25) is 0 Å². The molecule has 0 atom stereocenters. The van der Waals surface area contributed by atoms with Crippen molar-refractivity contribution in [3.63, 3.8) is 0 Å². The molecule has 1 saturated heterocycles. The molecule has 100 valence electrons. The van der Waals surface area contributed by atoms with E-state index in [2.05, 4.69) is 0 Å². The minimum Gasteiger partial charge on any atom is -0.341 e. The normalized spacial score (nSPS) is 15.9. The molecular formula is C14H16N2O2S. The molecule has 4 nitrogen and oxygen atoms in total. The second-order valence-electron chi connectivity index (χ2n) is 4.89. The molecule has 2 aromatic heterocycles. The van der Waals surface area contributed by atoms with Crippen LogP contribution in [0.25, 0.3) is 10.1 Å². The third kappa shape index (κ3) is 2.42. The van der Waals surface area contributed by atoms with Crippen molar-refractivity contribution in [1.29, 1.82) is 0 Å². The number of likely N-dealkylation sites (tertiary alicyclic amines) is 1. The maximum Gasteiger partial charge on any atom is 0.259 e. The van der Waals surface area contributed by atoms with Crippen molar-refractivity contribution in [2.24, 2.45) is 0 Å². The summed E-state index contributed by atoms with van der Waals surface area (Å²) in [6, 6.07) is 3.73. The van der Waals surface area contributed by atoms with Crippen LogP contribution >= 0.6 is 11.3 Å². The van der Waals surface area contributed by atoms with Gasteiger partial charge >= 0.3 is 0 Å². The summed E-state index contributed by atoms with van der Waals surface area (Å²) in [7, 11) is 0. The molecule has 0 spiro atoms. The molecule has 3 rings (SSSR count). The molecule has 0 saturated carbocycles. The lowest BCUT2D eigenvalue weighted by Gasteiger charge is -2.26. The number of carbonyl (C=O) groups excluding carboxylic acids is 1. The van der Waals surface area contributed by atoms with Gasteiger partial charge in [-0.15, -0.1) is 11.3 Å². The highest BCUT2D eigenvalue weighted by molar-refractivity contribution is 7.17. The Morgan fingerprint density at radius 1 is 1.21 bits per heavy atom. The highest BCUT2D eigenvalue weighted by Crippen LogP contribution is 2.16. The van der Waals surface area contributed by atoms with Crippen molar-refractivity contribution in [2.45, 2.75) is 25.8 Å². The van der Waals surface area contributed by atoms with Gasteiger partial charge in [-0.25, -0.2) is 0 Å². The topological polar surface area (TPSA) is 42.3 Å². The standard InChI is InChI=1S/C14H16N2O2S/c17-13(15-6-2-1-3-7-15)10-16-8-4-12-11(14(16)18)5-9-19-12/h4-5,8-9H,1-3,6-7,10H2. The van der Waals surface area contributed by atoms with Crippen LogP contribution in [0.1, 0.15) is 19.3 Å². The van der Waals surface area contributed by atoms with E-state index < -0.39 is 0 Å². The van der Waals surface area contributed by atoms with Crippen LogP contribution in [0.15, 0.2) is 28.5 Å². The van der Waals surface area contributed by atoms with Crippen LogP contribution in [0.3, 0.4) is 0 Å². The van der Waals surface area contributed by atoms with Crippen molar-refractivity contribution in [1.82, 2.24) is 9.47 Å². The first kappa shape index (κ1) is 12.4. The highest BCUT2D eigenvalue weighted by Gasteiger charge is 2.17. The molecular weight excluding hydrogens is 260 g/mol. The van der Waals surface area contributed by atoms with Gasteiger partial charge in [-0.3, -0.25) is 9.59 Å². The Morgan fingerprint density at radius 3 is 2.79 bits per heavy atom. The SMILES string of the molecule is O=C(Cn1ccc2sccc2c1=O)N1CCCCC1. The smallest absolute Gasteiger partial charge is 0.259 e. The third-order valence-corrected chi connectivity index (χ3v) is 4.49. The summed E-state index contributed by atoms with van der Waals surface area (Å²) in [6.07, 6.45) is 5.07. The fourth-order valence-electron chi connectivity index (χ4n) is 2.52. The number of pyridine rings is 1. The summed E-state index contributed by atoms with van der Waals surface area (Å²) in [5.41, 5.74) is -0.0656. The molecule has 0 N–H and O–H groups in total. The van der Waals surface area contributed by atoms with Gasteiger partial charge in [-0.05, 0) is 36.8 Å². The van der Waals surface area contributed by atoms with Gasteiger partial charge < -0.3 is 9.47 Å². The third-order valence-electron chi connectivity index (χ3n) is 3.61. The van der Waals surface area contributed by atoms with Crippen LogP contribution in [0.5, 0.6) is 0 Å². The van der Waals surface area contributed by atoms with E-state index in [0.717, 1.165) is 30.6 Å². The van der Waals surface area contributed by atoms with Gasteiger partial charge in [0.05, 0.1) is 5.39 Å². The number of thiophene rings is 1. The molecule has 1 aliphatic rings. The van der Waals surface area contributed by atoms with Crippen molar-refractivity contribution in [2.75, 3.05) is 13.1 Å². The lowest BCUT2D eigenvalue weighted by atomic mass is 10.1. The van der Waals surface area contributed by atoms with Gasteiger partial charge in [0.25, 0.3) is 5.56 Å². The number of hydrogen-bond acceptors (Lipinski definition) is 3. The zero-order chi connectivity index (χ0) is 13.2. The summed E-state index contributed by atoms with van der Waals surface area (Å²) in [6.45, 7) is 1.81. The second kappa shape index (κ2) is 5.17. The van der Waals surface area contributed by atoms with E-state index >= 15 is 0 Å². The average molecular weight is 276 g/mol. The van der Waals surface area contributed by atoms with E-state index in [1.165, 1.54) is 11.0 Å². The molecule has 1 amide bonds. The Bertz CT molecular complexity index is 653. The van der Waals surface area contributed by atoms with Crippen LogP contribution in [0.4, 0.5) is 0 Å². The number of amides is 1. The Hall–Kier alpha value is -1.62. The summed E-state index contributed by atoms with van der Waals surface area (Å²) in [5.74, 6) is 0.0522. The van der Waals surface area contributed by atoms with Gasteiger partial charge in [-0.1, -0.05) is 0 Å². The number of carbonyl (C=O) groups is 1. The van der Waals surface area contributed by atoms with E-state index in [1.54, 1.807) is 17.5 Å². The Labute approximate surface area is 115 Å². The summed E-state index contributed by atoms with van der Waals surface area (Å²) in [5, 5.41) is 2.61. The van der Waals surface area contributed by atoms with Crippen LogP contribution < -0.4 is 5.56 Å². The minimum absolute atomic E-state index is 0.0522. The number of fused-ring (bicyclic) bond motifs is 1. The zero-order valence-electron chi connectivity index (χ0n) is 10.7. The van der Waals surface area contributed by atoms with E-state index in [9.17, 15) is 9.59 Å². The number of piperidine rings is 1. The first-order valence-electron chi connectivity index (χ1n) is 6.60. The molecule has 3 heterocycles. The predicted octanol–water partition coefficient (Wildman–Crippen LogP) is 2.08. The fourth-order valence-corrected chi connectivity index (χ4v) is 3.29. The Balaban J connectivity index is 1.82. The summed E-state index contributed by atoms with van der Waals surface area (Å²) >= 11 is 1.55. The number of aromatic nitrogens is 1. The van der Waals surface area contributed by atoms with Crippen molar-refractivity contribution >= 4 is 27.3 Å². The van der Waals surface area contributed by atoms with E-state index in [4.69, 9.17) is 0 Å². The quantitative estimate of drug-likeness (QED) is 0.842. The van der Waals surface area contributed by atoms with Gasteiger partial charge in [0.15, 0.2) is 0 Å². The van der Waals surface area contributed by atoms with Crippen molar-refractivity contribution in [3.05, 3.63) is 34.1 Å². The number of hydrogen-bond donors (Lipinski definition) is 0. The molecule has 0 unspecified atom stereocenters. The van der Waals surface area contributed by atoms with Crippen LogP contribution in [-0.2, 0) is 11.3 Å². The van der Waals surface area contributed by atoms with Gasteiger partial charge in [0.1, 0.15) is 6.54 Å². The van der Waals surface area contributed by atoms with Gasteiger partial charge in [0.2, 0.25) is 5.91 Å². The van der Waals surface area contributed by atoms with E-state index in [0.29, 0.717) is 5.39 Å². The van der Waals surface area contributed by atoms with E-state index in [-0.39, 0.29) is 18.0 Å². The van der Waals surface area contributed by atoms with E-state index in [1.807, 2.05) is 22.4 Å². The largest absolute Gasteiger partial charge is 0.341 e. The van der Waals surface area contributed by atoms with Crippen LogP contribution in [0, 0.1) is 0 Å². The molecule has 0 bridgehead atoms. The first-order valence-corrected chi connectivity index (χ1v) is 7.48. The molecule has 0 radical (unpaired) electrons. The minimum atomic E-state index is -0.0656. The fraction of sp³-hybridized carbons (Fsp3) is 0.429. The summed E-state index contributed by atoms with van der Waals surface area (Å²) in [4.78, 5) is 26.2. The van der Waals surface area contributed by atoms with Crippen LogP contribution in [-0.4, -0.2) is 28.5 Å². The molecule has 1 fully saturated rings. The van der Waals surface area contributed by atoms with Crippen molar-refractivity contribution < 1.29 is 4.79 Å². The summed E-state index contributed by atoms with van der Waals surface area (Å²) < 4.78 is 2.50. The molecule has 2 aromatic rings. The number of rotatable bonds is 2. The molecule has 5 heteroatoms. The second-order valence-corrected chi connectivity index (χ2v) is 5.84. The van der Waals surface area contributed by atoms with Gasteiger partial charge in [0, 0.05) is 24.0 Å². The number of nitrogens with zero attached hydrogens (tertiary/aromatic N) is 2. The monoisotopic (exact) mass is 276 g/mol.